The van der Waals surface area contributed by atoms with Crippen LogP contribution < -0.4 is 5.32 Å². The molecule has 0 aromatic carbocycles. The van der Waals surface area contributed by atoms with E-state index in [1.807, 2.05) is 41.5 Å². The van der Waals surface area contributed by atoms with E-state index in [1.165, 1.54) is 0 Å². The highest BCUT2D eigenvalue weighted by Gasteiger charge is 2.44. The average Bonchev–Trinajstić information content (AvgIpc) is 2.73. The van der Waals surface area contributed by atoms with Crippen LogP contribution in [0.4, 0.5) is 0 Å². The minimum absolute atomic E-state index is 0.171. The monoisotopic (exact) mass is 352 g/mol. The summed E-state index contributed by atoms with van der Waals surface area (Å²) >= 11 is 0. The van der Waals surface area contributed by atoms with Crippen molar-refractivity contribution in [3.05, 3.63) is 0 Å². The lowest BCUT2D eigenvalue weighted by Gasteiger charge is -2.24. The Morgan fingerprint density at radius 1 is 1.08 bits per heavy atom. The molecule has 0 radical (unpaired) electrons. The molecule has 1 aliphatic rings. The molecule has 0 spiro atoms. The van der Waals surface area contributed by atoms with Crippen molar-refractivity contribution in [2.24, 2.45) is 16.7 Å². The molecule has 0 aliphatic carbocycles. The van der Waals surface area contributed by atoms with E-state index < -0.39 is 0 Å². The molecule has 6 nitrogen and oxygen atoms in total. The molecule has 3 amide bonds. The Morgan fingerprint density at radius 3 is 2.16 bits per heavy atom. The molecule has 1 atom stereocenters. The van der Waals surface area contributed by atoms with Gasteiger partial charge in [-0.2, -0.15) is 0 Å². The summed E-state index contributed by atoms with van der Waals surface area (Å²) in [6.07, 6.45) is 2.07. The third kappa shape index (κ3) is 6.25. The van der Waals surface area contributed by atoms with Crippen LogP contribution in [-0.4, -0.2) is 41.5 Å². The number of unbranched alkanes of at least 4 members (excludes halogenated alkanes) is 1. The molecule has 25 heavy (non-hydrogen) atoms. The van der Waals surface area contributed by atoms with Gasteiger partial charge in [-0.15, -0.1) is 0 Å². The number of ketones is 1. The fourth-order valence-corrected chi connectivity index (χ4v) is 2.74. The normalized spacial score (nSPS) is 18.6. The molecule has 0 bridgehead atoms. The Morgan fingerprint density at radius 2 is 1.68 bits per heavy atom. The van der Waals surface area contributed by atoms with E-state index in [4.69, 9.17) is 0 Å². The van der Waals surface area contributed by atoms with E-state index in [1.54, 1.807) is 0 Å². The summed E-state index contributed by atoms with van der Waals surface area (Å²) in [6.45, 7) is 11.7. The molecular weight excluding hydrogens is 320 g/mol. The first kappa shape index (κ1) is 21.3. The number of hydrogen-bond acceptors (Lipinski definition) is 4. The molecule has 142 valence electrons. The van der Waals surface area contributed by atoms with Crippen LogP contribution in [0, 0.1) is 16.7 Å². The number of rotatable bonds is 7. The Bertz CT molecular complexity index is 541. The summed E-state index contributed by atoms with van der Waals surface area (Å²) in [5, 5.41) is 2.72. The van der Waals surface area contributed by atoms with Crippen LogP contribution in [0.5, 0.6) is 0 Å². The first-order valence-electron chi connectivity index (χ1n) is 8.98. The number of amides is 3. The fraction of sp³-hybridized carbons (Fsp3) is 0.789. The third-order valence-electron chi connectivity index (χ3n) is 4.58. The molecule has 1 heterocycles. The highest BCUT2D eigenvalue weighted by Crippen LogP contribution is 2.35. The molecule has 0 aromatic heterocycles. The van der Waals surface area contributed by atoms with Crippen LogP contribution >= 0.6 is 0 Å². The first-order valence-corrected chi connectivity index (χ1v) is 8.98. The van der Waals surface area contributed by atoms with Crippen LogP contribution in [0.3, 0.4) is 0 Å². The van der Waals surface area contributed by atoms with Gasteiger partial charge in [-0.05, 0) is 18.3 Å². The lowest BCUT2D eigenvalue weighted by Crippen LogP contribution is -2.42. The van der Waals surface area contributed by atoms with E-state index in [0.717, 1.165) is 4.90 Å². The molecule has 0 aromatic rings. The molecule has 1 rings (SSSR count). The predicted molar refractivity (Wildman–Crippen MR) is 95.6 cm³/mol. The smallest absolute Gasteiger partial charge is 0.240 e. The van der Waals surface area contributed by atoms with Gasteiger partial charge in [-0.25, -0.2) is 0 Å². The summed E-state index contributed by atoms with van der Waals surface area (Å²) in [6, 6.07) is 0. The minimum Gasteiger partial charge on any atom is -0.355 e. The Hall–Kier alpha value is -1.72. The zero-order chi connectivity index (χ0) is 19.4. The van der Waals surface area contributed by atoms with Crippen molar-refractivity contribution < 1.29 is 19.2 Å². The second kappa shape index (κ2) is 8.11. The predicted octanol–water partition coefficient (Wildman–Crippen LogP) is 2.31. The van der Waals surface area contributed by atoms with E-state index in [0.29, 0.717) is 25.8 Å². The van der Waals surface area contributed by atoms with Gasteiger partial charge in [0.1, 0.15) is 12.3 Å². The Labute approximate surface area is 150 Å². The molecule has 6 heteroatoms. The van der Waals surface area contributed by atoms with Gasteiger partial charge in [-0.1, -0.05) is 41.5 Å². The van der Waals surface area contributed by atoms with Crippen LogP contribution in [0.2, 0.25) is 0 Å². The maximum atomic E-state index is 12.3. The van der Waals surface area contributed by atoms with Gasteiger partial charge in [0.2, 0.25) is 17.7 Å². The molecule has 1 N–H and O–H groups in total. The zero-order valence-electron chi connectivity index (χ0n) is 16.4. The zero-order valence-corrected chi connectivity index (χ0v) is 16.4. The van der Waals surface area contributed by atoms with Gasteiger partial charge in [0.15, 0.2) is 0 Å². The van der Waals surface area contributed by atoms with Crippen molar-refractivity contribution in [3.8, 4) is 0 Å². The van der Waals surface area contributed by atoms with E-state index in [-0.39, 0.29) is 53.2 Å². The number of imide groups is 1. The minimum atomic E-state index is -0.365. The Kier molecular flexibility index (Phi) is 6.91. The van der Waals surface area contributed by atoms with Gasteiger partial charge in [0, 0.05) is 24.8 Å². The van der Waals surface area contributed by atoms with Crippen molar-refractivity contribution in [1.82, 2.24) is 10.2 Å². The standard InChI is InChI=1S/C19H32N2O4/c1-18(2,3)13-11-16(24)21(17(13)25)12-15(23)20-10-8-7-9-14(22)19(4,5)6/h13H,7-12H2,1-6H3,(H,20,23). The van der Waals surface area contributed by atoms with Crippen LogP contribution in [0.1, 0.15) is 67.2 Å². The first-order chi connectivity index (χ1) is 11.3. The number of carbonyl (C=O) groups is 4. The van der Waals surface area contributed by atoms with Crippen molar-refractivity contribution in [1.29, 1.82) is 0 Å². The lowest BCUT2D eigenvalue weighted by atomic mass is 9.80. The second-order valence-corrected chi connectivity index (χ2v) is 8.92. The van der Waals surface area contributed by atoms with Crippen LogP contribution in [0.25, 0.3) is 0 Å². The number of nitrogens with one attached hydrogen (secondary N) is 1. The highest BCUT2D eigenvalue weighted by molar-refractivity contribution is 6.06. The number of Topliss-reactive ketones (excluding diaryl/α,β-unsaturated/α-hetero) is 1. The maximum Gasteiger partial charge on any atom is 0.240 e. The summed E-state index contributed by atoms with van der Waals surface area (Å²) < 4.78 is 0. The highest BCUT2D eigenvalue weighted by atomic mass is 16.2. The summed E-state index contributed by atoms with van der Waals surface area (Å²) in [5.41, 5.74) is -0.624. The SMILES string of the molecule is CC(C)(C)C(=O)CCCCNC(=O)CN1C(=O)CC(C(C)(C)C)C1=O. The average molecular weight is 352 g/mol. The lowest BCUT2D eigenvalue weighted by molar-refractivity contribution is -0.144. The molecule has 1 fully saturated rings. The van der Waals surface area contributed by atoms with Crippen molar-refractivity contribution in [3.63, 3.8) is 0 Å². The number of hydrogen-bond donors (Lipinski definition) is 1. The molecule has 1 saturated heterocycles. The largest absolute Gasteiger partial charge is 0.355 e. The van der Waals surface area contributed by atoms with Gasteiger partial charge >= 0.3 is 0 Å². The molecule has 1 unspecified atom stereocenters. The summed E-state index contributed by atoms with van der Waals surface area (Å²) in [7, 11) is 0. The number of likely N-dealkylation sites (tertiary alicyclic amines) is 1. The van der Waals surface area contributed by atoms with Gasteiger partial charge < -0.3 is 5.32 Å². The molecular formula is C19H32N2O4. The summed E-state index contributed by atoms with van der Waals surface area (Å²) in [5.74, 6) is -1.03. The molecule has 1 aliphatic heterocycles. The fourth-order valence-electron chi connectivity index (χ4n) is 2.74. The Balaban J connectivity index is 2.35. The quantitative estimate of drug-likeness (QED) is 0.563. The third-order valence-corrected chi connectivity index (χ3v) is 4.58. The topological polar surface area (TPSA) is 83.6 Å². The number of nitrogens with zero attached hydrogens (tertiary/aromatic N) is 1. The van der Waals surface area contributed by atoms with Gasteiger partial charge in [0.25, 0.3) is 0 Å². The molecule has 0 saturated carbocycles. The van der Waals surface area contributed by atoms with Crippen LogP contribution in [0.15, 0.2) is 0 Å². The van der Waals surface area contributed by atoms with Gasteiger partial charge in [-0.3, -0.25) is 24.1 Å². The van der Waals surface area contributed by atoms with Gasteiger partial charge in [0.05, 0.1) is 5.92 Å². The number of carbonyl (C=O) groups excluding carboxylic acids is 4. The summed E-state index contributed by atoms with van der Waals surface area (Å²) in [4.78, 5) is 49.2. The van der Waals surface area contributed by atoms with E-state index in [9.17, 15) is 19.2 Å². The second-order valence-electron chi connectivity index (χ2n) is 8.92. The van der Waals surface area contributed by atoms with E-state index >= 15 is 0 Å². The van der Waals surface area contributed by atoms with Crippen molar-refractivity contribution >= 4 is 23.5 Å². The van der Waals surface area contributed by atoms with Crippen LogP contribution in [-0.2, 0) is 19.2 Å². The van der Waals surface area contributed by atoms with E-state index in [2.05, 4.69) is 5.32 Å². The maximum absolute atomic E-state index is 12.3. The van der Waals surface area contributed by atoms with Crippen molar-refractivity contribution in [2.75, 3.05) is 13.1 Å². The van der Waals surface area contributed by atoms with Crippen molar-refractivity contribution in [2.45, 2.75) is 67.2 Å².